The van der Waals surface area contributed by atoms with E-state index in [1.54, 1.807) is 0 Å². The maximum Gasteiger partial charge on any atom is 0.291 e. The summed E-state index contributed by atoms with van der Waals surface area (Å²) >= 11 is 0. The molecular formula is C4H10N2O4S. The van der Waals surface area contributed by atoms with E-state index in [2.05, 4.69) is 4.84 Å². The van der Waals surface area contributed by atoms with E-state index in [-0.39, 0.29) is 6.04 Å². The molecule has 1 rings (SSSR count). The molecule has 11 heavy (non-hydrogen) atoms. The van der Waals surface area contributed by atoms with Gasteiger partial charge in [-0.05, 0) is 0 Å². The summed E-state index contributed by atoms with van der Waals surface area (Å²) in [6.45, 7) is 1.02. The molecule has 0 spiro atoms. The Balaban J connectivity index is 2.15. The van der Waals surface area contributed by atoms with Crippen LogP contribution in [0, 0.1) is 0 Å². The van der Waals surface area contributed by atoms with Gasteiger partial charge in [0.15, 0.2) is 5.94 Å². The highest BCUT2D eigenvalue weighted by Gasteiger charge is 2.24. The van der Waals surface area contributed by atoms with Crippen LogP contribution < -0.4 is 5.73 Å². The van der Waals surface area contributed by atoms with E-state index in [9.17, 15) is 8.42 Å². The van der Waals surface area contributed by atoms with Crippen molar-refractivity contribution in [2.45, 2.75) is 6.04 Å². The molecule has 66 valence electrons. The van der Waals surface area contributed by atoms with Crippen molar-refractivity contribution in [3.05, 3.63) is 0 Å². The summed E-state index contributed by atoms with van der Waals surface area (Å²) in [6, 6.07) is 0.0522. The van der Waals surface area contributed by atoms with Crippen LogP contribution in [0.3, 0.4) is 0 Å². The predicted molar refractivity (Wildman–Crippen MR) is 37.0 cm³/mol. The zero-order chi connectivity index (χ0) is 8.48. The van der Waals surface area contributed by atoms with Crippen molar-refractivity contribution < 1.29 is 17.8 Å². The van der Waals surface area contributed by atoms with Crippen LogP contribution in [0.5, 0.6) is 0 Å². The second-order valence-electron chi connectivity index (χ2n) is 2.44. The van der Waals surface area contributed by atoms with Crippen molar-refractivity contribution in [2.75, 3.05) is 19.0 Å². The first-order valence-electron chi connectivity index (χ1n) is 3.06. The van der Waals surface area contributed by atoms with Crippen LogP contribution in [0.4, 0.5) is 0 Å². The number of nitrogens with zero attached hydrogens (tertiary/aromatic N) is 1. The smallest absolute Gasteiger partial charge is 0.291 e. The number of hydroxylamine groups is 2. The van der Waals surface area contributed by atoms with Crippen molar-refractivity contribution in [1.82, 2.24) is 5.06 Å². The molecule has 3 N–H and O–H groups in total. The lowest BCUT2D eigenvalue weighted by Crippen LogP contribution is -2.55. The Morgan fingerprint density at radius 1 is 1.64 bits per heavy atom. The molecule has 0 amide bonds. The summed E-state index contributed by atoms with van der Waals surface area (Å²) < 4.78 is 28.5. The minimum Gasteiger partial charge on any atom is -0.325 e. The van der Waals surface area contributed by atoms with Gasteiger partial charge in [0.25, 0.3) is 10.1 Å². The van der Waals surface area contributed by atoms with Crippen molar-refractivity contribution in [3.8, 4) is 0 Å². The van der Waals surface area contributed by atoms with Gasteiger partial charge in [0.05, 0.1) is 0 Å². The van der Waals surface area contributed by atoms with E-state index in [1.165, 1.54) is 5.06 Å². The van der Waals surface area contributed by atoms with E-state index in [0.29, 0.717) is 13.1 Å². The topological polar surface area (TPSA) is 92.9 Å². The summed E-state index contributed by atoms with van der Waals surface area (Å²) in [6.07, 6.45) is 0. The van der Waals surface area contributed by atoms with Gasteiger partial charge in [-0.1, -0.05) is 0 Å². The van der Waals surface area contributed by atoms with Crippen molar-refractivity contribution in [1.29, 1.82) is 0 Å². The van der Waals surface area contributed by atoms with Gasteiger partial charge in [-0.2, -0.15) is 13.5 Å². The molecule has 0 atom stereocenters. The fourth-order valence-electron chi connectivity index (χ4n) is 0.716. The van der Waals surface area contributed by atoms with Gasteiger partial charge in [0.2, 0.25) is 0 Å². The fraction of sp³-hybridized carbons (Fsp3) is 1.00. The zero-order valence-corrected chi connectivity index (χ0v) is 6.62. The Morgan fingerprint density at radius 2 is 2.18 bits per heavy atom. The van der Waals surface area contributed by atoms with Crippen molar-refractivity contribution in [2.24, 2.45) is 5.73 Å². The van der Waals surface area contributed by atoms with E-state index in [4.69, 9.17) is 10.3 Å². The molecule has 1 saturated heterocycles. The third-order valence-corrected chi connectivity index (χ3v) is 1.66. The number of hydrogen-bond donors (Lipinski definition) is 2. The molecule has 0 aliphatic carbocycles. The van der Waals surface area contributed by atoms with Gasteiger partial charge >= 0.3 is 0 Å². The molecule has 0 unspecified atom stereocenters. The molecule has 1 aliphatic rings. The van der Waals surface area contributed by atoms with E-state index < -0.39 is 16.1 Å². The number of hydrogen-bond acceptors (Lipinski definition) is 5. The molecule has 0 saturated carbocycles. The summed E-state index contributed by atoms with van der Waals surface area (Å²) in [5.74, 6) is -0.695. The Labute approximate surface area is 64.6 Å². The molecule has 0 bridgehead atoms. The number of rotatable bonds is 3. The molecule has 0 aromatic carbocycles. The Morgan fingerprint density at radius 3 is 2.55 bits per heavy atom. The maximum absolute atomic E-state index is 10.1. The second-order valence-corrected chi connectivity index (χ2v) is 3.84. The molecule has 1 heterocycles. The normalized spacial score (nSPS) is 21.6. The molecule has 0 aromatic rings. The third-order valence-electron chi connectivity index (χ3n) is 1.26. The Bertz CT molecular complexity index is 220. The van der Waals surface area contributed by atoms with Gasteiger partial charge in [-0.3, -0.25) is 9.39 Å². The maximum atomic E-state index is 10.1. The van der Waals surface area contributed by atoms with Crippen molar-refractivity contribution >= 4 is 10.1 Å². The first kappa shape index (κ1) is 8.88. The van der Waals surface area contributed by atoms with Crippen LogP contribution in [0.1, 0.15) is 0 Å². The average Bonchev–Trinajstić information content (AvgIpc) is 1.75. The average molecular weight is 182 g/mol. The Kier molecular flexibility index (Phi) is 2.45. The zero-order valence-electron chi connectivity index (χ0n) is 5.80. The summed E-state index contributed by atoms with van der Waals surface area (Å²) in [5, 5.41) is 1.39. The van der Waals surface area contributed by atoms with E-state index in [1.807, 2.05) is 0 Å². The van der Waals surface area contributed by atoms with Crippen LogP contribution in [-0.2, 0) is 15.0 Å². The molecule has 0 radical (unpaired) electrons. The van der Waals surface area contributed by atoms with Gasteiger partial charge in [-0.25, -0.2) is 0 Å². The lowest BCUT2D eigenvalue weighted by Gasteiger charge is -2.34. The highest BCUT2D eigenvalue weighted by atomic mass is 32.2. The molecule has 1 fully saturated rings. The van der Waals surface area contributed by atoms with Gasteiger partial charge in [0, 0.05) is 19.1 Å². The predicted octanol–water partition coefficient (Wildman–Crippen LogP) is -1.59. The fourth-order valence-corrected chi connectivity index (χ4v) is 0.998. The van der Waals surface area contributed by atoms with Crippen LogP contribution in [0.25, 0.3) is 0 Å². The summed E-state index contributed by atoms with van der Waals surface area (Å²) in [4.78, 5) is 4.63. The van der Waals surface area contributed by atoms with Crippen LogP contribution in [0.2, 0.25) is 0 Å². The Hall–Kier alpha value is -0.210. The van der Waals surface area contributed by atoms with E-state index >= 15 is 0 Å². The SMILES string of the molecule is NC1CN(OCS(=O)(=O)O)C1. The second kappa shape index (κ2) is 3.03. The first-order valence-corrected chi connectivity index (χ1v) is 4.67. The molecule has 1 aliphatic heterocycles. The standard InChI is InChI=1S/C4H10N2O4S/c5-4-1-6(2-4)10-3-11(7,8)9/h4H,1-3,5H2,(H,7,8,9). The van der Waals surface area contributed by atoms with Crippen molar-refractivity contribution in [3.63, 3.8) is 0 Å². The van der Waals surface area contributed by atoms with Gasteiger partial charge < -0.3 is 5.73 Å². The monoisotopic (exact) mass is 182 g/mol. The largest absolute Gasteiger partial charge is 0.325 e. The quantitative estimate of drug-likeness (QED) is 0.511. The van der Waals surface area contributed by atoms with Gasteiger partial charge in [-0.15, -0.1) is 0 Å². The highest BCUT2D eigenvalue weighted by molar-refractivity contribution is 7.85. The molecular weight excluding hydrogens is 172 g/mol. The van der Waals surface area contributed by atoms with Crippen LogP contribution in [0.15, 0.2) is 0 Å². The van der Waals surface area contributed by atoms with Gasteiger partial charge in [0.1, 0.15) is 0 Å². The summed E-state index contributed by atoms with van der Waals surface area (Å²) in [7, 11) is -4.02. The van der Waals surface area contributed by atoms with Crippen LogP contribution >= 0.6 is 0 Å². The molecule has 6 nitrogen and oxygen atoms in total. The minimum atomic E-state index is -4.02. The lowest BCUT2D eigenvalue weighted by molar-refractivity contribution is -0.188. The molecule has 7 heteroatoms. The third kappa shape index (κ3) is 3.12. The molecule has 0 aromatic heterocycles. The highest BCUT2D eigenvalue weighted by Crippen LogP contribution is 2.05. The van der Waals surface area contributed by atoms with Crippen LogP contribution in [-0.4, -0.2) is 43.1 Å². The first-order chi connectivity index (χ1) is 4.97. The number of nitrogens with two attached hydrogens (primary N) is 1. The lowest BCUT2D eigenvalue weighted by atomic mass is 10.2. The minimum absolute atomic E-state index is 0.0522. The summed E-state index contributed by atoms with van der Waals surface area (Å²) in [5.41, 5.74) is 5.37. The van der Waals surface area contributed by atoms with E-state index in [0.717, 1.165) is 0 Å².